The van der Waals surface area contributed by atoms with Gasteiger partial charge in [0.2, 0.25) is 5.91 Å². The molecule has 0 unspecified atom stereocenters. The molecule has 0 spiro atoms. The van der Waals surface area contributed by atoms with Crippen LogP contribution in [0, 0.1) is 0 Å². The van der Waals surface area contributed by atoms with Crippen LogP contribution in [0.4, 0.5) is 0 Å². The SMILES string of the molecule is CCNCCC(=O)NCc1cncs1. The number of nitrogens with zero attached hydrogens (tertiary/aromatic N) is 1. The lowest BCUT2D eigenvalue weighted by Crippen LogP contribution is -2.26. The highest BCUT2D eigenvalue weighted by Crippen LogP contribution is 2.03. The number of rotatable bonds is 6. The second-order valence-corrected chi connectivity index (χ2v) is 3.82. The summed E-state index contributed by atoms with van der Waals surface area (Å²) in [5.41, 5.74) is 1.76. The fraction of sp³-hybridized carbons (Fsp3) is 0.556. The van der Waals surface area contributed by atoms with Gasteiger partial charge in [-0.3, -0.25) is 9.78 Å². The molecule has 0 aliphatic heterocycles. The van der Waals surface area contributed by atoms with Crippen molar-refractivity contribution in [3.63, 3.8) is 0 Å². The van der Waals surface area contributed by atoms with Crippen molar-refractivity contribution >= 4 is 17.2 Å². The standard InChI is InChI=1S/C9H15N3OS/c1-2-10-4-3-9(13)12-6-8-5-11-7-14-8/h5,7,10H,2-4,6H2,1H3,(H,12,13). The Morgan fingerprint density at radius 3 is 3.14 bits per heavy atom. The lowest BCUT2D eigenvalue weighted by molar-refractivity contribution is -0.121. The molecule has 0 radical (unpaired) electrons. The molecule has 0 aliphatic rings. The summed E-state index contributed by atoms with van der Waals surface area (Å²) in [6, 6.07) is 0. The number of nitrogens with one attached hydrogen (secondary N) is 2. The van der Waals surface area contributed by atoms with Crippen molar-refractivity contribution in [1.82, 2.24) is 15.6 Å². The minimum Gasteiger partial charge on any atom is -0.351 e. The fourth-order valence-electron chi connectivity index (χ4n) is 0.982. The first-order valence-corrected chi connectivity index (χ1v) is 5.55. The van der Waals surface area contributed by atoms with Crippen LogP contribution < -0.4 is 10.6 Å². The predicted molar refractivity (Wildman–Crippen MR) is 57.1 cm³/mol. The van der Waals surface area contributed by atoms with E-state index in [0.29, 0.717) is 13.0 Å². The summed E-state index contributed by atoms with van der Waals surface area (Å²) in [5, 5.41) is 5.94. The molecule has 0 fully saturated rings. The summed E-state index contributed by atoms with van der Waals surface area (Å²) in [4.78, 5) is 16.3. The Balaban J connectivity index is 2.09. The van der Waals surface area contributed by atoms with Gasteiger partial charge in [0.15, 0.2) is 0 Å². The van der Waals surface area contributed by atoms with Crippen molar-refractivity contribution in [3.05, 3.63) is 16.6 Å². The molecule has 0 saturated heterocycles. The third-order valence-corrected chi connectivity index (χ3v) is 2.50. The van der Waals surface area contributed by atoms with E-state index in [1.807, 2.05) is 6.92 Å². The van der Waals surface area contributed by atoms with Gasteiger partial charge >= 0.3 is 0 Å². The van der Waals surface area contributed by atoms with Gasteiger partial charge in [0.25, 0.3) is 0 Å². The maximum atomic E-state index is 11.2. The Morgan fingerprint density at radius 2 is 2.50 bits per heavy atom. The molecule has 0 bridgehead atoms. The molecule has 0 aliphatic carbocycles. The van der Waals surface area contributed by atoms with Crippen LogP contribution in [0.3, 0.4) is 0 Å². The highest BCUT2D eigenvalue weighted by atomic mass is 32.1. The zero-order valence-corrected chi connectivity index (χ0v) is 9.06. The Morgan fingerprint density at radius 1 is 1.64 bits per heavy atom. The van der Waals surface area contributed by atoms with Gasteiger partial charge in [0.05, 0.1) is 12.1 Å². The van der Waals surface area contributed by atoms with Crippen molar-refractivity contribution in [3.8, 4) is 0 Å². The van der Waals surface area contributed by atoms with E-state index in [0.717, 1.165) is 18.0 Å². The molecule has 0 saturated carbocycles. The largest absolute Gasteiger partial charge is 0.351 e. The van der Waals surface area contributed by atoms with E-state index >= 15 is 0 Å². The van der Waals surface area contributed by atoms with Crippen LogP contribution >= 0.6 is 11.3 Å². The second kappa shape index (κ2) is 6.50. The van der Waals surface area contributed by atoms with Gasteiger partial charge < -0.3 is 10.6 Å². The smallest absolute Gasteiger partial charge is 0.221 e. The van der Waals surface area contributed by atoms with Crippen LogP contribution in [-0.4, -0.2) is 24.0 Å². The van der Waals surface area contributed by atoms with E-state index in [1.54, 1.807) is 23.0 Å². The molecule has 0 atom stereocenters. The van der Waals surface area contributed by atoms with Crippen molar-refractivity contribution in [2.45, 2.75) is 19.9 Å². The number of carbonyl (C=O) groups excluding carboxylic acids is 1. The van der Waals surface area contributed by atoms with Crippen molar-refractivity contribution < 1.29 is 4.79 Å². The number of aromatic nitrogens is 1. The summed E-state index contributed by atoms with van der Waals surface area (Å²) in [6.45, 7) is 4.26. The third-order valence-electron chi connectivity index (χ3n) is 1.72. The zero-order valence-electron chi connectivity index (χ0n) is 8.25. The van der Waals surface area contributed by atoms with Gasteiger partial charge in [0.1, 0.15) is 0 Å². The molecule has 1 amide bonds. The number of amides is 1. The van der Waals surface area contributed by atoms with Crippen molar-refractivity contribution in [2.75, 3.05) is 13.1 Å². The van der Waals surface area contributed by atoms with Gasteiger partial charge in [-0.2, -0.15) is 0 Å². The third kappa shape index (κ3) is 4.34. The summed E-state index contributed by atoms with van der Waals surface area (Å²) < 4.78 is 0. The molecule has 78 valence electrons. The summed E-state index contributed by atoms with van der Waals surface area (Å²) in [6.07, 6.45) is 2.31. The number of hydrogen-bond donors (Lipinski definition) is 2. The van der Waals surface area contributed by atoms with E-state index in [-0.39, 0.29) is 5.91 Å². The number of thiazole rings is 1. The average molecular weight is 213 g/mol. The molecule has 14 heavy (non-hydrogen) atoms. The molecular formula is C9H15N3OS. The average Bonchev–Trinajstić information content (AvgIpc) is 2.68. The lowest BCUT2D eigenvalue weighted by Gasteiger charge is -2.03. The lowest BCUT2D eigenvalue weighted by atomic mass is 10.4. The first-order chi connectivity index (χ1) is 6.83. The molecule has 0 aromatic carbocycles. The first-order valence-electron chi connectivity index (χ1n) is 4.67. The highest BCUT2D eigenvalue weighted by Gasteiger charge is 2.00. The maximum Gasteiger partial charge on any atom is 0.221 e. The molecule has 1 rings (SSSR count). The Hall–Kier alpha value is -0.940. The zero-order chi connectivity index (χ0) is 10.2. The van der Waals surface area contributed by atoms with Gasteiger partial charge in [-0.15, -0.1) is 11.3 Å². The molecule has 1 aromatic rings. The van der Waals surface area contributed by atoms with Crippen LogP contribution in [0.5, 0.6) is 0 Å². The normalized spacial score (nSPS) is 10.1. The van der Waals surface area contributed by atoms with Crippen molar-refractivity contribution in [2.24, 2.45) is 0 Å². The van der Waals surface area contributed by atoms with E-state index in [4.69, 9.17) is 0 Å². The van der Waals surface area contributed by atoms with Crippen LogP contribution in [0.2, 0.25) is 0 Å². The Labute approximate surface area is 87.7 Å². The molecular weight excluding hydrogens is 198 g/mol. The van der Waals surface area contributed by atoms with Crippen molar-refractivity contribution in [1.29, 1.82) is 0 Å². The fourth-order valence-corrected chi connectivity index (χ4v) is 1.52. The van der Waals surface area contributed by atoms with E-state index in [1.165, 1.54) is 0 Å². The number of hydrogen-bond acceptors (Lipinski definition) is 4. The first kappa shape index (κ1) is 11.1. The van der Waals surface area contributed by atoms with E-state index < -0.39 is 0 Å². The summed E-state index contributed by atoms with van der Waals surface area (Å²) >= 11 is 1.55. The Bertz CT molecular complexity index is 261. The van der Waals surface area contributed by atoms with Crippen LogP contribution in [0.25, 0.3) is 0 Å². The molecule has 2 N–H and O–H groups in total. The van der Waals surface area contributed by atoms with E-state index in [2.05, 4.69) is 15.6 Å². The minimum atomic E-state index is 0.0827. The number of carbonyl (C=O) groups is 1. The summed E-state index contributed by atoms with van der Waals surface area (Å²) in [5.74, 6) is 0.0827. The Kier molecular flexibility index (Phi) is 5.17. The highest BCUT2D eigenvalue weighted by molar-refractivity contribution is 7.09. The van der Waals surface area contributed by atoms with Gasteiger partial charge in [-0.1, -0.05) is 6.92 Å². The van der Waals surface area contributed by atoms with Crippen LogP contribution in [0.1, 0.15) is 18.2 Å². The van der Waals surface area contributed by atoms with Gasteiger partial charge in [-0.05, 0) is 6.54 Å². The van der Waals surface area contributed by atoms with E-state index in [9.17, 15) is 4.79 Å². The maximum absolute atomic E-state index is 11.2. The quantitative estimate of drug-likeness (QED) is 0.686. The molecule has 1 heterocycles. The predicted octanol–water partition coefficient (Wildman–Crippen LogP) is 0.759. The summed E-state index contributed by atoms with van der Waals surface area (Å²) in [7, 11) is 0. The topological polar surface area (TPSA) is 54.0 Å². The molecule has 1 aromatic heterocycles. The van der Waals surface area contributed by atoms with Crippen LogP contribution in [0.15, 0.2) is 11.7 Å². The molecule has 5 heteroatoms. The van der Waals surface area contributed by atoms with Gasteiger partial charge in [-0.25, -0.2) is 0 Å². The molecule has 4 nitrogen and oxygen atoms in total. The minimum absolute atomic E-state index is 0.0827. The van der Waals surface area contributed by atoms with Gasteiger partial charge in [0, 0.05) is 24.0 Å². The second-order valence-electron chi connectivity index (χ2n) is 2.85. The van der Waals surface area contributed by atoms with Crippen LogP contribution in [-0.2, 0) is 11.3 Å². The monoisotopic (exact) mass is 213 g/mol.